The maximum Gasteiger partial charge on any atom is 0.187 e. The fraction of sp³-hybridized carbons (Fsp3) is 0.321. The zero-order chi connectivity index (χ0) is 24.8. The van der Waals surface area contributed by atoms with Gasteiger partial charge in [-0.3, -0.25) is 4.90 Å². The summed E-state index contributed by atoms with van der Waals surface area (Å²) in [7, 11) is 0. The van der Waals surface area contributed by atoms with Crippen LogP contribution in [-0.2, 0) is 6.42 Å². The number of nitrogens with zero attached hydrogens (tertiary/aromatic N) is 3. The third kappa shape index (κ3) is 6.28. The van der Waals surface area contributed by atoms with E-state index in [0.29, 0.717) is 21.5 Å². The third-order valence-corrected chi connectivity index (χ3v) is 6.91. The second kappa shape index (κ2) is 11.8. The van der Waals surface area contributed by atoms with E-state index in [1.54, 1.807) is 0 Å². The second-order valence-electron chi connectivity index (χ2n) is 8.80. The van der Waals surface area contributed by atoms with Gasteiger partial charge >= 0.3 is 0 Å². The van der Waals surface area contributed by atoms with E-state index in [1.807, 2.05) is 54.6 Å². The van der Waals surface area contributed by atoms with Crippen LogP contribution in [0, 0.1) is 6.57 Å². The van der Waals surface area contributed by atoms with Crippen LogP contribution in [0.15, 0.2) is 66.7 Å². The average molecular weight is 510 g/mol. The first-order chi connectivity index (χ1) is 17.0. The number of ether oxygens (including phenoxy) is 1. The van der Waals surface area contributed by atoms with Crippen LogP contribution >= 0.6 is 23.2 Å². The number of piperazine rings is 1. The SMILES string of the molecule is [C-]#[N+]c1ccc(CCN2C[C@H](C)N(c3ccc(OCCO)cc3Cl)[C@H](c3ccc(Cl)cc3)C2)cc1. The summed E-state index contributed by atoms with van der Waals surface area (Å²) in [5.41, 5.74) is 4.05. The van der Waals surface area contributed by atoms with E-state index in [1.165, 1.54) is 11.1 Å². The number of aliphatic hydroxyl groups excluding tert-OH is 1. The lowest BCUT2D eigenvalue weighted by Gasteiger charge is -2.47. The molecule has 5 nitrogen and oxygen atoms in total. The summed E-state index contributed by atoms with van der Waals surface area (Å²) in [4.78, 5) is 8.37. The van der Waals surface area contributed by atoms with Gasteiger partial charge in [-0.1, -0.05) is 59.6 Å². The van der Waals surface area contributed by atoms with Crippen LogP contribution in [0.2, 0.25) is 10.0 Å². The molecule has 35 heavy (non-hydrogen) atoms. The number of benzene rings is 3. The minimum absolute atomic E-state index is 0.0410. The van der Waals surface area contributed by atoms with E-state index < -0.39 is 0 Å². The number of hydrogen-bond donors (Lipinski definition) is 1. The van der Waals surface area contributed by atoms with E-state index in [0.717, 1.165) is 31.7 Å². The molecule has 1 aliphatic rings. The smallest absolute Gasteiger partial charge is 0.187 e. The molecule has 182 valence electrons. The quantitative estimate of drug-likeness (QED) is 0.356. The Morgan fingerprint density at radius 2 is 1.77 bits per heavy atom. The molecule has 7 heteroatoms. The minimum atomic E-state index is -0.0410. The Morgan fingerprint density at radius 3 is 2.43 bits per heavy atom. The molecule has 1 aliphatic heterocycles. The van der Waals surface area contributed by atoms with Crippen molar-refractivity contribution in [1.29, 1.82) is 0 Å². The Labute approximate surface area is 217 Å². The lowest BCUT2D eigenvalue weighted by atomic mass is 9.97. The van der Waals surface area contributed by atoms with E-state index in [4.69, 9.17) is 39.6 Å². The van der Waals surface area contributed by atoms with Crippen LogP contribution in [0.5, 0.6) is 5.75 Å². The van der Waals surface area contributed by atoms with Crippen molar-refractivity contribution in [2.24, 2.45) is 0 Å². The topological polar surface area (TPSA) is 40.3 Å². The molecule has 0 amide bonds. The summed E-state index contributed by atoms with van der Waals surface area (Å²) in [5, 5.41) is 10.4. The van der Waals surface area contributed by atoms with Gasteiger partial charge in [0, 0.05) is 36.8 Å². The molecule has 4 rings (SSSR count). The molecule has 2 atom stereocenters. The zero-order valence-electron chi connectivity index (χ0n) is 19.7. The third-order valence-electron chi connectivity index (χ3n) is 6.36. The number of hydrogen-bond acceptors (Lipinski definition) is 4. The molecular formula is C28H29Cl2N3O2. The highest BCUT2D eigenvalue weighted by Crippen LogP contribution is 2.39. The number of halogens is 2. The van der Waals surface area contributed by atoms with Crippen molar-refractivity contribution in [3.63, 3.8) is 0 Å². The van der Waals surface area contributed by atoms with Crippen molar-refractivity contribution >= 4 is 34.6 Å². The number of aliphatic hydroxyl groups is 1. The Kier molecular flexibility index (Phi) is 8.54. The van der Waals surface area contributed by atoms with Crippen LogP contribution in [0.25, 0.3) is 4.85 Å². The van der Waals surface area contributed by atoms with Gasteiger partial charge in [0.25, 0.3) is 0 Å². The highest BCUT2D eigenvalue weighted by atomic mass is 35.5. The monoisotopic (exact) mass is 509 g/mol. The Bertz CT molecular complexity index is 1160. The van der Waals surface area contributed by atoms with Gasteiger partial charge in [0.2, 0.25) is 0 Å². The number of anilines is 1. The fourth-order valence-corrected chi connectivity index (χ4v) is 5.08. The van der Waals surface area contributed by atoms with Gasteiger partial charge < -0.3 is 14.7 Å². The summed E-state index contributed by atoms with van der Waals surface area (Å²) in [6.07, 6.45) is 0.927. The zero-order valence-corrected chi connectivity index (χ0v) is 21.2. The lowest BCUT2D eigenvalue weighted by Crippen LogP contribution is -2.54. The molecule has 1 saturated heterocycles. The first-order valence-corrected chi connectivity index (χ1v) is 12.5. The van der Waals surface area contributed by atoms with E-state index in [9.17, 15) is 0 Å². The molecule has 0 radical (unpaired) electrons. The Morgan fingerprint density at radius 1 is 1.03 bits per heavy atom. The van der Waals surface area contributed by atoms with Crippen LogP contribution < -0.4 is 9.64 Å². The van der Waals surface area contributed by atoms with Crippen molar-refractivity contribution in [2.75, 3.05) is 37.7 Å². The van der Waals surface area contributed by atoms with Crippen molar-refractivity contribution in [2.45, 2.75) is 25.4 Å². The summed E-state index contributed by atoms with van der Waals surface area (Å²) in [6.45, 7) is 12.3. The predicted molar refractivity (Wildman–Crippen MR) is 143 cm³/mol. The largest absolute Gasteiger partial charge is 0.491 e. The van der Waals surface area contributed by atoms with Crippen molar-refractivity contribution in [3.8, 4) is 5.75 Å². The van der Waals surface area contributed by atoms with Crippen LogP contribution in [0.4, 0.5) is 11.4 Å². The highest BCUT2D eigenvalue weighted by Gasteiger charge is 2.34. The molecule has 3 aromatic rings. The molecule has 1 heterocycles. The summed E-state index contributed by atoms with van der Waals surface area (Å²) in [5.74, 6) is 0.645. The first kappa shape index (κ1) is 25.3. The van der Waals surface area contributed by atoms with E-state index in [-0.39, 0.29) is 25.3 Å². The maximum atomic E-state index is 9.04. The molecule has 1 N–H and O–H groups in total. The molecule has 3 aromatic carbocycles. The van der Waals surface area contributed by atoms with E-state index >= 15 is 0 Å². The van der Waals surface area contributed by atoms with Gasteiger partial charge in [0.05, 0.1) is 29.9 Å². The number of rotatable bonds is 8. The normalized spacial score (nSPS) is 18.3. The van der Waals surface area contributed by atoms with Gasteiger partial charge in [-0.05, 0) is 48.7 Å². The van der Waals surface area contributed by atoms with Crippen molar-refractivity contribution in [3.05, 3.63) is 99.3 Å². The van der Waals surface area contributed by atoms with Gasteiger partial charge in [-0.15, -0.1) is 0 Å². The van der Waals surface area contributed by atoms with Crippen LogP contribution in [-0.4, -0.2) is 48.9 Å². The molecule has 0 aromatic heterocycles. The standard InChI is InChI=1S/C28H29Cl2N3O2/c1-20-18-32(14-13-21-3-9-24(31-2)10-4-21)19-28(22-5-7-23(29)8-6-22)33(20)27-12-11-25(17-26(27)30)35-16-15-34/h3-12,17,20,28,34H,13-16,18-19H2,1H3/t20-,28-/m0/s1. The van der Waals surface area contributed by atoms with Gasteiger partial charge in [-0.25, -0.2) is 4.85 Å². The molecule has 0 aliphatic carbocycles. The van der Waals surface area contributed by atoms with Gasteiger partial charge in [0.15, 0.2) is 5.69 Å². The van der Waals surface area contributed by atoms with Gasteiger partial charge in [-0.2, -0.15) is 0 Å². The molecule has 0 saturated carbocycles. The highest BCUT2D eigenvalue weighted by molar-refractivity contribution is 6.33. The summed E-state index contributed by atoms with van der Waals surface area (Å²) in [6, 6.07) is 22.0. The van der Waals surface area contributed by atoms with Crippen LogP contribution in [0.1, 0.15) is 24.1 Å². The molecule has 0 unspecified atom stereocenters. The second-order valence-corrected chi connectivity index (χ2v) is 9.64. The lowest BCUT2D eigenvalue weighted by molar-refractivity contribution is 0.196. The predicted octanol–water partition coefficient (Wildman–Crippen LogP) is 6.41. The average Bonchev–Trinajstić information content (AvgIpc) is 2.87. The summed E-state index contributed by atoms with van der Waals surface area (Å²) >= 11 is 12.9. The maximum absolute atomic E-state index is 9.04. The Hall–Kier alpha value is -2.75. The molecule has 1 fully saturated rings. The summed E-state index contributed by atoms with van der Waals surface area (Å²) < 4.78 is 5.54. The van der Waals surface area contributed by atoms with Crippen LogP contribution in [0.3, 0.4) is 0 Å². The molecular weight excluding hydrogens is 481 g/mol. The molecule has 0 spiro atoms. The fourth-order valence-electron chi connectivity index (χ4n) is 4.69. The van der Waals surface area contributed by atoms with Gasteiger partial charge in [0.1, 0.15) is 12.4 Å². The first-order valence-electron chi connectivity index (χ1n) is 11.7. The van der Waals surface area contributed by atoms with Crippen molar-refractivity contribution < 1.29 is 9.84 Å². The molecule has 0 bridgehead atoms. The van der Waals surface area contributed by atoms with Crippen molar-refractivity contribution in [1.82, 2.24) is 4.90 Å². The Balaban J connectivity index is 1.57. The van der Waals surface area contributed by atoms with E-state index in [2.05, 4.69) is 33.7 Å². The minimum Gasteiger partial charge on any atom is -0.491 e.